The first kappa shape index (κ1) is 5.75. The molecule has 0 aromatic heterocycles. The quantitative estimate of drug-likeness (QED) is 0.319. The molecular formula is C4H7FIO-. The topological polar surface area (TPSA) is 9.23 Å². The van der Waals surface area contributed by atoms with E-state index in [1.807, 2.05) is 0 Å². The Balaban J connectivity index is 2.12. The van der Waals surface area contributed by atoms with Gasteiger partial charge in [-0.3, -0.25) is 0 Å². The van der Waals surface area contributed by atoms with Crippen molar-refractivity contribution >= 4 is 0 Å². The number of halogens is 2. The summed E-state index contributed by atoms with van der Waals surface area (Å²) in [6.07, 6.45) is 0. The molecule has 0 aromatic rings. The third kappa shape index (κ3) is 1.90. The molecule has 1 nitrogen and oxygen atoms in total. The predicted octanol–water partition coefficient (Wildman–Crippen LogP) is -2.60. The summed E-state index contributed by atoms with van der Waals surface area (Å²) in [5.74, 6) is 0. The summed E-state index contributed by atoms with van der Waals surface area (Å²) in [6.45, 7) is 1.17. The predicted molar refractivity (Wildman–Crippen MR) is 20.6 cm³/mol. The monoisotopic (exact) mass is 217 g/mol. The molecule has 1 aliphatic rings. The fourth-order valence-electron chi connectivity index (χ4n) is 0.434. The van der Waals surface area contributed by atoms with Gasteiger partial charge in [-0.1, -0.05) is 0 Å². The van der Waals surface area contributed by atoms with Crippen molar-refractivity contribution in [3.8, 4) is 0 Å². The van der Waals surface area contributed by atoms with Gasteiger partial charge < -0.3 is 0 Å². The molecule has 1 atom stereocenters. The van der Waals surface area contributed by atoms with E-state index in [0.29, 0.717) is 6.61 Å². The normalized spacial score (nSPS) is 34.1. The molecule has 1 unspecified atom stereocenters. The van der Waals surface area contributed by atoms with Crippen molar-refractivity contribution < 1.29 is 30.3 Å². The first-order chi connectivity index (χ1) is 3.39. The zero-order valence-corrected chi connectivity index (χ0v) is 6.02. The van der Waals surface area contributed by atoms with Crippen LogP contribution in [0.25, 0.3) is 0 Å². The van der Waals surface area contributed by atoms with E-state index in [4.69, 9.17) is 4.74 Å². The Kier molecular flexibility index (Phi) is 2.31. The molecule has 1 heterocycles. The van der Waals surface area contributed by atoms with Gasteiger partial charge in [-0.15, -0.1) is 0 Å². The van der Waals surface area contributed by atoms with Gasteiger partial charge in [-0.2, -0.15) is 0 Å². The minimum absolute atomic E-state index is 0.140. The molecule has 0 spiro atoms. The fraction of sp³-hybridized carbons (Fsp3) is 1.00. The molecule has 7 heavy (non-hydrogen) atoms. The van der Waals surface area contributed by atoms with E-state index in [-0.39, 0.29) is 21.2 Å². The first-order valence-electron chi connectivity index (χ1n) is 2.19. The van der Waals surface area contributed by atoms with Crippen molar-refractivity contribution in [1.82, 2.24) is 0 Å². The SMILES string of the molecule is FC1COCC[I-]1. The van der Waals surface area contributed by atoms with Gasteiger partial charge in [0.2, 0.25) is 0 Å². The number of ether oxygens (including phenoxy) is 1. The second kappa shape index (κ2) is 2.81. The number of hydrogen-bond donors (Lipinski definition) is 0. The van der Waals surface area contributed by atoms with Gasteiger partial charge >= 0.3 is 52.2 Å². The molecule has 3 heteroatoms. The molecule has 0 aliphatic carbocycles. The van der Waals surface area contributed by atoms with Crippen LogP contribution in [0.1, 0.15) is 0 Å². The molecule has 1 saturated heterocycles. The van der Waals surface area contributed by atoms with Crippen LogP contribution in [0.2, 0.25) is 0 Å². The molecule has 0 saturated carbocycles. The maximum atomic E-state index is 12.1. The average Bonchev–Trinajstić information content (AvgIpc) is 1.69. The Morgan fingerprint density at radius 3 is 2.86 bits per heavy atom. The van der Waals surface area contributed by atoms with Gasteiger partial charge in [-0.25, -0.2) is 0 Å². The van der Waals surface area contributed by atoms with Crippen LogP contribution in [-0.2, 0) is 4.74 Å². The van der Waals surface area contributed by atoms with E-state index in [2.05, 4.69) is 0 Å². The third-order valence-electron chi connectivity index (χ3n) is 0.742. The molecule has 44 valence electrons. The fourth-order valence-corrected chi connectivity index (χ4v) is 2.18. The van der Waals surface area contributed by atoms with Crippen molar-refractivity contribution in [2.24, 2.45) is 0 Å². The molecule has 0 radical (unpaired) electrons. The Morgan fingerprint density at radius 1 is 1.71 bits per heavy atom. The zero-order valence-electron chi connectivity index (χ0n) is 3.86. The molecule has 1 rings (SSSR count). The average molecular weight is 217 g/mol. The second-order valence-corrected chi connectivity index (χ2v) is 4.62. The van der Waals surface area contributed by atoms with E-state index in [0.717, 1.165) is 11.0 Å². The van der Waals surface area contributed by atoms with Gasteiger partial charge in [0.15, 0.2) is 0 Å². The van der Waals surface area contributed by atoms with Crippen LogP contribution in [0.15, 0.2) is 0 Å². The van der Waals surface area contributed by atoms with Gasteiger partial charge in [0.05, 0.1) is 0 Å². The van der Waals surface area contributed by atoms with Gasteiger partial charge in [0.1, 0.15) is 0 Å². The first-order valence-corrected chi connectivity index (χ1v) is 4.96. The van der Waals surface area contributed by atoms with E-state index in [9.17, 15) is 4.39 Å². The van der Waals surface area contributed by atoms with Gasteiger partial charge in [0, 0.05) is 0 Å². The summed E-state index contributed by atoms with van der Waals surface area (Å²) < 4.78 is 17.4. The van der Waals surface area contributed by atoms with Crippen LogP contribution < -0.4 is 21.2 Å². The summed E-state index contributed by atoms with van der Waals surface area (Å²) >= 11 is -0.140. The van der Waals surface area contributed by atoms with Crippen molar-refractivity contribution in [2.45, 2.75) is 4.18 Å². The molecule has 1 fully saturated rings. The number of rotatable bonds is 0. The van der Waals surface area contributed by atoms with Crippen molar-refractivity contribution in [3.63, 3.8) is 0 Å². The van der Waals surface area contributed by atoms with Crippen LogP contribution in [0.5, 0.6) is 0 Å². The van der Waals surface area contributed by atoms with Crippen molar-refractivity contribution in [1.29, 1.82) is 0 Å². The van der Waals surface area contributed by atoms with Crippen LogP contribution >= 0.6 is 0 Å². The van der Waals surface area contributed by atoms with Crippen LogP contribution in [0.4, 0.5) is 4.39 Å². The molecule has 0 N–H and O–H groups in total. The van der Waals surface area contributed by atoms with Gasteiger partial charge in [-0.05, 0) is 0 Å². The van der Waals surface area contributed by atoms with Crippen LogP contribution in [-0.4, -0.2) is 21.8 Å². The van der Waals surface area contributed by atoms with E-state index >= 15 is 0 Å². The molecule has 1 aliphatic heterocycles. The number of alkyl halides is 3. The zero-order chi connectivity index (χ0) is 5.11. The maximum absolute atomic E-state index is 12.1. The summed E-state index contributed by atoms with van der Waals surface area (Å²) in [5.41, 5.74) is 0. The molecule has 0 amide bonds. The summed E-state index contributed by atoms with van der Waals surface area (Å²) in [4.78, 5) is 0. The Labute approximate surface area is 52.5 Å². The summed E-state index contributed by atoms with van der Waals surface area (Å²) in [5, 5.41) is 0. The van der Waals surface area contributed by atoms with Gasteiger partial charge in [0.25, 0.3) is 0 Å². The standard InChI is InChI=1S/C4H7FIO/c5-4-3-7-2-1-6-4/h4H,1-3H2/q-1. The second-order valence-electron chi connectivity index (χ2n) is 1.31. The van der Waals surface area contributed by atoms with Crippen LogP contribution in [0, 0.1) is 0 Å². The minimum atomic E-state index is -0.576. The van der Waals surface area contributed by atoms with Crippen molar-refractivity contribution in [3.05, 3.63) is 0 Å². The Bertz CT molecular complexity index is 53.7. The molecular weight excluding hydrogens is 210 g/mol. The Morgan fingerprint density at radius 2 is 2.57 bits per heavy atom. The van der Waals surface area contributed by atoms with E-state index in [1.165, 1.54) is 0 Å². The summed E-state index contributed by atoms with van der Waals surface area (Å²) in [6, 6.07) is 0. The van der Waals surface area contributed by atoms with Crippen LogP contribution in [0.3, 0.4) is 0 Å². The Hall–Kier alpha value is 0.620. The molecule has 0 aromatic carbocycles. The van der Waals surface area contributed by atoms with E-state index in [1.54, 1.807) is 0 Å². The number of hydrogen-bond acceptors (Lipinski definition) is 1. The molecule has 0 bridgehead atoms. The third-order valence-corrected chi connectivity index (χ3v) is 3.12. The van der Waals surface area contributed by atoms with Crippen molar-refractivity contribution in [2.75, 3.05) is 17.6 Å². The summed E-state index contributed by atoms with van der Waals surface area (Å²) in [7, 11) is 0. The van der Waals surface area contributed by atoms with E-state index < -0.39 is 4.18 Å².